The van der Waals surface area contributed by atoms with Gasteiger partial charge >= 0.3 is 6.03 Å². The Labute approximate surface area is 56.0 Å². The first-order valence-electron chi connectivity index (χ1n) is 2.98. The predicted octanol–water partition coefficient (Wildman–Crippen LogP) is 0.829. The summed E-state index contributed by atoms with van der Waals surface area (Å²) in [4.78, 5) is 12.2. The van der Waals surface area contributed by atoms with E-state index in [9.17, 15) is 4.79 Å². The van der Waals surface area contributed by atoms with Gasteiger partial charge in [-0.05, 0) is 6.42 Å². The Morgan fingerprint density at radius 1 is 1.67 bits per heavy atom. The summed E-state index contributed by atoms with van der Waals surface area (Å²) in [5.74, 6) is 0. The van der Waals surface area contributed by atoms with E-state index in [1.807, 2.05) is 6.92 Å². The van der Waals surface area contributed by atoms with Crippen molar-refractivity contribution < 1.29 is 4.79 Å². The van der Waals surface area contributed by atoms with Crippen LogP contribution in [0.4, 0.5) is 4.79 Å². The van der Waals surface area contributed by atoms with Gasteiger partial charge in [0.15, 0.2) is 0 Å². The monoisotopic (exact) mass is 129 g/mol. The van der Waals surface area contributed by atoms with Crippen molar-refractivity contribution in [3.8, 4) is 0 Å². The lowest BCUT2D eigenvalue weighted by Crippen LogP contribution is -2.32. The minimum absolute atomic E-state index is 0.0724. The van der Waals surface area contributed by atoms with E-state index >= 15 is 0 Å². The fourth-order valence-corrected chi connectivity index (χ4v) is 0.318. The van der Waals surface area contributed by atoms with Crippen LogP contribution < -0.4 is 5.32 Å². The van der Waals surface area contributed by atoms with Crippen LogP contribution in [0.5, 0.6) is 0 Å². The number of hydrogen-bond acceptors (Lipinski definition) is 1. The summed E-state index contributed by atoms with van der Waals surface area (Å²) in [6.07, 6.45) is 0.861. The summed E-state index contributed by atoms with van der Waals surface area (Å²) >= 11 is 0. The van der Waals surface area contributed by atoms with Crippen LogP contribution in [-0.2, 0) is 0 Å². The average molecular weight is 129 g/mol. The van der Waals surface area contributed by atoms with Gasteiger partial charge in [-0.25, -0.2) is 4.79 Å². The summed E-state index contributed by atoms with van der Waals surface area (Å²) in [6.45, 7) is 3.69. The van der Waals surface area contributed by atoms with Crippen molar-refractivity contribution in [2.24, 2.45) is 0 Å². The molecule has 3 heteroatoms. The van der Waals surface area contributed by atoms with Crippen molar-refractivity contribution >= 4 is 6.03 Å². The van der Waals surface area contributed by atoms with Crippen LogP contribution in [0.15, 0.2) is 0 Å². The smallest absolute Gasteiger partial charge is 0.317 e. The lowest BCUT2D eigenvalue weighted by atomic mass is 10.5. The maximum atomic E-state index is 10.7. The molecular formula is C6H13N2O. The number of nitrogens with zero attached hydrogens (tertiary/aromatic N) is 1. The molecule has 9 heavy (non-hydrogen) atoms. The number of rotatable bonds is 2. The maximum absolute atomic E-state index is 10.7. The Morgan fingerprint density at radius 2 is 2.22 bits per heavy atom. The molecule has 53 valence electrons. The van der Waals surface area contributed by atoms with Gasteiger partial charge in [0.05, 0.1) is 6.54 Å². The summed E-state index contributed by atoms with van der Waals surface area (Å²) in [5.41, 5.74) is 0. The Balaban J connectivity index is 3.28. The van der Waals surface area contributed by atoms with Gasteiger partial charge in [0, 0.05) is 14.1 Å². The van der Waals surface area contributed by atoms with Crippen LogP contribution in [0.1, 0.15) is 13.3 Å². The van der Waals surface area contributed by atoms with Gasteiger partial charge in [0.2, 0.25) is 0 Å². The highest BCUT2D eigenvalue weighted by molar-refractivity contribution is 5.74. The van der Waals surface area contributed by atoms with E-state index in [4.69, 9.17) is 0 Å². The zero-order chi connectivity index (χ0) is 7.28. The fourth-order valence-electron chi connectivity index (χ4n) is 0.318. The average Bonchev–Trinajstić information content (AvgIpc) is 1.82. The van der Waals surface area contributed by atoms with Crippen molar-refractivity contribution in [3.63, 3.8) is 0 Å². The zero-order valence-electron chi connectivity index (χ0n) is 6.14. The number of hydrogen-bond donors (Lipinski definition) is 1. The van der Waals surface area contributed by atoms with Crippen LogP contribution in [0.3, 0.4) is 0 Å². The molecule has 0 fully saturated rings. The lowest BCUT2D eigenvalue weighted by Gasteiger charge is -2.09. The molecule has 2 amide bonds. The molecule has 0 bridgehead atoms. The van der Waals surface area contributed by atoms with Crippen LogP contribution in [-0.4, -0.2) is 25.0 Å². The van der Waals surface area contributed by atoms with Crippen LogP contribution >= 0.6 is 0 Å². The number of amides is 2. The van der Waals surface area contributed by atoms with E-state index in [0.29, 0.717) is 0 Å². The van der Waals surface area contributed by atoms with Gasteiger partial charge in [-0.2, -0.15) is 0 Å². The molecule has 0 aromatic rings. The third kappa shape index (κ3) is 3.82. The Kier molecular flexibility index (Phi) is 3.84. The number of urea groups is 1. The highest BCUT2D eigenvalue weighted by atomic mass is 16.2. The van der Waals surface area contributed by atoms with Gasteiger partial charge < -0.3 is 10.2 Å². The molecule has 0 aromatic carbocycles. The Morgan fingerprint density at radius 3 is 2.56 bits per heavy atom. The molecule has 0 aromatic heterocycles. The van der Waals surface area contributed by atoms with E-state index in [-0.39, 0.29) is 6.03 Å². The molecule has 1 N–H and O–H groups in total. The standard InChI is InChI=1S/C6H13N2O/c1-4-5-7-6(9)8(2)3/h5H,4H2,1-3H3,(H,7,9). The summed E-state index contributed by atoms with van der Waals surface area (Å²) in [6, 6.07) is -0.0724. The van der Waals surface area contributed by atoms with Crippen molar-refractivity contribution in [1.82, 2.24) is 10.2 Å². The summed E-state index contributed by atoms with van der Waals surface area (Å²) < 4.78 is 0. The molecule has 3 nitrogen and oxygen atoms in total. The van der Waals surface area contributed by atoms with Crippen molar-refractivity contribution in [1.29, 1.82) is 0 Å². The van der Waals surface area contributed by atoms with Crippen LogP contribution in [0.2, 0.25) is 0 Å². The zero-order valence-corrected chi connectivity index (χ0v) is 6.14. The van der Waals surface area contributed by atoms with Gasteiger partial charge in [-0.3, -0.25) is 0 Å². The minimum atomic E-state index is -0.0724. The molecule has 0 spiro atoms. The van der Waals surface area contributed by atoms with Gasteiger partial charge in [0.1, 0.15) is 0 Å². The second-order valence-electron chi connectivity index (χ2n) is 1.96. The highest BCUT2D eigenvalue weighted by Crippen LogP contribution is 1.81. The van der Waals surface area contributed by atoms with E-state index < -0.39 is 0 Å². The second-order valence-corrected chi connectivity index (χ2v) is 1.96. The van der Waals surface area contributed by atoms with E-state index in [1.54, 1.807) is 20.6 Å². The minimum Gasteiger partial charge on any atom is -0.333 e. The topological polar surface area (TPSA) is 32.3 Å². The molecule has 0 rings (SSSR count). The molecule has 0 aliphatic rings. The molecule has 0 heterocycles. The first-order valence-corrected chi connectivity index (χ1v) is 2.98. The molecule has 0 saturated heterocycles. The predicted molar refractivity (Wildman–Crippen MR) is 36.8 cm³/mol. The summed E-state index contributed by atoms with van der Waals surface area (Å²) in [5, 5.41) is 2.59. The SMILES string of the molecule is CC[CH]NC(=O)N(C)C. The van der Waals surface area contributed by atoms with Crippen LogP contribution in [0.25, 0.3) is 0 Å². The normalized spacial score (nSPS) is 8.78. The molecular weight excluding hydrogens is 116 g/mol. The first-order chi connectivity index (χ1) is 4.18. The first kappa shape index (κ1) is 8.27. The van der Waals surface area contributed by atoms with Gasteiger partial charge in [-0.1, -0.05) is 6.92 Å². The van der Waals surface area contributed by atoms with Crippen LogP contribution in [0, 0.1) is 6.54 Å². The second kappa shape index (κ2) is 4.18. The van der Waals surface area contributed by atoms with Crippen molar-refractivity contribution in [3.05, 3.63) is 6.54 Å². The molecule has 0 unspecified atom stereocenters. The van der Waals surface area contributed by atoms with E-state index in [2.05, 4.69) is 5.32 Å². The quantitative estimate of drug-likeness (QED) is 0.588. The van der Waals surface area contributed by atoms with Gasteiger partial charge in [-0.15, -0.1) is 0 Å². The fraction of sp³-hybridized carbons (Fsp3) is 0.667. The van der Waals surface area contributed by atoms with Crippen molar-refractivity contribution in [2.75, 3.05) is 14.1 Å². The molecule has 0 saturated carbocycles. The molecule has 0 aliphatic carbocycles. The van der Waals surface area contributed by atoms with Gasteiger partial charge in [0.25, 0.3) is 0 Å². The third-order valence-electron chi connectivity index (χ3n) is 0.836. The molecule has 1 radical (unpaired) electrons. The Bertz CT molecular complexity index is 91.1. The van der Waals surface area contributed by atoms with E-state index in [0.717, 1.165) is 6.42 Å². The molecule has 0 atom stereocenters. The maximum Gasteiger partial charge on any atom is 0.317 e. The number of nitrogens with one attached hydrogen (secondary N) is 1. The lowest BCUT2D eigenvalue weighted by molar-refractivity contribution is 0.219. The third-order valence-corrected chi connectivity index (χ3v) is 0.836. The highest BCUT2D eigenvalue weighted by Gasteiger charge is 1.98. The largest absolute Gasteiger partial charge is 0.333 e. The van der Waals surface area contributed by atoms with Crippen molar-refractivity contribution in [2.45, 2.75) is 13.3 Å². The summed E-state index contributed by atoms with van der Waals surface area (Å²) in [7, 11) is 3.41. The number of carbonyl (C=O) groups is 1. The number of carbonyl (C=O) groups excluding carboxylic acids is 1. The van der Waals surface area contributed by atoms with E-state index in [1.165, 1.54) is 4.90 Å². The Hall–Kier alpha value is -0.730. The molecule has 0 aliphatic heterocycles.